The molecule has 0 saturated heterocycles. The largest absolute Gasteiger partial charge is 0.309 e. The molecular formula is C17H28N2S. The number of nitrogens with one attached hydrogen (secondary N) is 1. The van der Waals surface area contributed by atoms with Crippen LogP contribution in [0.25, 0.3) is 0 Å². The van der Waals surface area contributed by atoms with Crippen LogP contribution < -0.4 is 5.32 Å². The molecule has 0 bridgehead atoms. The molecule has 1 heterocycles. The molecule has 0 radical (unpaired) electrons. The summed E-state index contributed by atoms with van der Waals surface area (Å²) in [7, 11) is 0. The number of thioether (sulfide) groups is 1. The van der Waals surface area contributed by atoms with Gasteiger partial charge in [-0.3, -0.25) is 4.90 Å². The Kier molecular flexibility index (Phi) is 5.94. The lowest BCUT2D eigenvalue weighted by Gasteiger charge is -2.32. The molecule has 3 heteroatoms. The first kappa shape index (κ1) is 15.9. The molecule has 20 heavy (non-hydrogen) atoms. The minimum Gasteiger partial charge on any atom is -0.309 e. The molecule has 1 aromatic rings. The van der Waals surface area contributed by atoms with Gasteiger partial charge in [0.2, 0.25) is 0 Å². The van der Waals surface area contributed by atoms with Crippen molar-refractivity contribution in [2.24, 2.45) is 0 Å². The van der Waals surface area contributed by atoms with E-state index in [4.69, 9.17) is 0 Å². The van der Waals surface area contributed by atoms with E-state index in [1.54, 1.807) is 0 Å². The highest BCUT2D eigenvalue weighted by Crippen LogP contribution is 2.35. The molecule has 0 spiro atoms. The lowest BCUT2D eigenvalue weighted by molar-refractivity contribution is 0.173. The molecule has 1 N–H and O–H groups in total. The summed E-state index contributed by atoms with van der Waals surface area (Å²) in [6.45, 7) is 11.3. The lowest BCUT2D eigenvalue weighted by Crippen LogP contribution is -2.42. The van der Waals surface area contributed by atoms with E-state index in [0.717, 1.165) is 13.1 Å². The van der Waals surface area contributed by atoms with Gasteiger partial charge in [0.25, 0.3) is 0 Å². The maximum absolute atomic E-state index is 3.76. The predicted octanol–water partition coefficient (Wildman–Crippen LogP) is 3.93. The molecule has 1 aromatic carbocycles. The highest BCUT2D eigenvalue weighted by Gasteiger charge is 2.20. The van der Waals surface area contributed by atoms with Crippen molar-refractivity contribution in [3.05, 3.63) is 29.8 Å². The van der Waals surface area contributed by atoms with Gasteiger partial charge in [-0.2, -0.15) is 0 Å². The van der Waals surface area contributed by atoms with Crippen LogP contribution >= 0.6 is 11.8 Å². The zero-order valence-electron chi connectivity index (χ0n) is 13.2. The van der Waals surface area contributed by atoms with Gasteiger partial charge in [0.05, 0.1) is 0 Å². The van der Waals surface area contributed by atoms with E-state index < -0.39 is 0 Å². The topological polar surface area (TPSA) is 15.3 Å². The Morgan fingerprint density at radius 2 is 1.90 bits per heavy atom. The molecule has 1 aliphatic heterocycles. The highest BCUT2D eigenvalue weighted by molar-refractivity contribution is 7.99. The van der Waals surface area contributed by atoms with Crippen LogP contribution in [0.15, 0.2) is 29.2 Å². The average molecular weight is 292 g/mol. The van der Waals surface area contributed by atoms with Gasteiger partial charge in [-0.1, -0.05) is 18.2 Å². The van der Waals surface area contributed by atoms with Crippen LogP contribution in [-0.4, -0.2) is 35.8 Å². The number of nitrogens with zero attached hydrogens (tertiary/aromatic N) is 1. The van der Waals surface area contributed by atoms with Crippen molar-refractivity contribution < 1.29 is 0 Å². The van der Waals surface area contributed by atoms with E-state index in [0.29, 0.717) is 18.1 Å². The number of benzene rings is 1. The fraction of sp³-hybridized carbons (Fsp3) is 0.647. The Hall–Kier alpha value is -0.510. The molecule has 0 saturated carbocycles. The van der Waals surface area contributed by atoms with Crippen molar-refractivity contribution in [1.82, 2.24) is 10.2 Å². The van der Waals surface area contributed by atoms with E-state index in [9.17, 15) is 0 Å². The Labute approximate surface area is 128 Å². The zero-order chi connectivity index (χ0) is 14.5. The average Bonchev–Trinajstić information content (AvgIpc) is 2.42. The van der Waals surface area contributed by atoms with Crippen molar-refractivity contribution in [3.8, 4) is 0 Å². The molecule has 0 aromatic heterocycles. The van der Waals surface area contributed by atoms with E-state index in [1.165, 1.54) is 22.6 Å². The molecule has 2 rings (SSSR count). The second-order valence-corrected chi connectivity index (χ2v) is 7.24. The van der Waals surface area contributed by atoms with Crippen LogP contribution in [0.3, 0.4) is 0 Å². The smallest absolute Gasteiger partial charge is 0.0339 e. The maximum atomic E-state index is 3.76. The Bertz CT molecular complexity index is 409. The third-order valence-electron chi connectivity index (χ3n) is 4.05. The van der Waals surface area contributed by atoms with Gasteiger partial charge in [0.1, 0.15) is 0 Å². The lowest BCUT2D eigenvalue weighted by atomic mass is 10.0. The third kappa shape index (κ3) is 4.00. The first-order chi connectivity index (χ1) is 9.59. The SMILES string of the molecule is CC(C)N(CCNC1CCSc2ccccc21)C(C)C. The molecular weight excluding hydrogens is 264 g/mol. The van der Waals surface area contributed by atoms with E-state index in [-0.39, 0.29) is 0 Å². The molecule has 0 fully saturated rings. The first-order valence-electron chi connectivity index (χ1n) is 7.80. The first-order valence-corrected chi connectivity index (χ1v) is 8.79. The van der Waals surface area contributed by atoms with E-state index in [2.05, 4.69) is 62.2 Å². The highest BCUT2D eigenvalue weighted by atomic mass is 32.2. The van der Waals surface area contributed by atoms with Crippen molar-refractivity contribution in [2.45, 2.75) is 57.1 Å². The molecule has 1 aliphatic rings. The van der Waals surface area contributed by atoms with Crippen LogP contribution in [0.4, 0.5) is 0 Å². The molecule has 1 atom stereocenters. The maximum Gasteiger partial charge on any atom is 0.0339 e. The number of fused-ring (bicyclic) bond motifs is 1. The van der Waals surface area contributed by atoms with Gasteiger partial charge in [-0.25, -0.2) is 0 Å². The molecule has 0 amide bonds. The van der Waals surface area contributed by atoms with Crippen molar-refractivity contribution in [1.29, 1.82) is 0 Å². The normalized spacial score (nSPS) is 18.9. The fourth-order valence-corrected chi connectivity index (χ4v) is 4.16. The van der Waals surface area contributed by atoms with Crippen molar-refractivity contribution >= 4 is 11.8 Å². The summed E-state index contributed by atoms with van der Waals surface area (Å²) in [5.74, 6) is 1.23. The van der Waals surface area contributed by atoms with Crippen LogP contribution in [-0.2, 0) is 0 Å². The Morgan fingerprint density at radius 3 is 2.60 bits per heavy atom. The summed E-state index contributed by atoms with van der Waals surface area (Å²) in [6, 6.07) is 10.6. The molecule has 0 aliphatic carbocycles. The third-order valence-corrected chi connectivity index (χ3v) is 5.17. The van der Waals surface area contributed by atoms with Gasteiger partial charge in [0.15, 0.2) is 0 Å². The molecule has 2 nitrogen and oxygen atoms in total. The van der Waals surface area contributed by atoms with Crippen LogP contribution in [0.1, 0.15) is 45.7 Å². The summed E-state index contributed by atoms with van der Waals surface area (Å²) in [5, 5.41) is 3.76. The predicted molar refractivity (Wildman–Crippen MR) is 89.5 cm³/mol. The number of rotatable bonds is 6. The summed E-state index contributed by atoms with van der Waals surface area (Å²) >= 11 is 1.99. The standard InChI is InChI=1S/C17H28N2S/c1-13(2)19(14(3)4)11-10-18-16-9-12-20-17-8-6-5-7-15(16)17/h5-8,13-14,16,18H,9-12H2,1-4H3. The number of hydrogen-bond donors (Lipinski definition) is 1. The van der Waals surface area contributed by atoms with Gasteiger partial charge < -0.3 is 5.32 Å². The monoisotopic (exact) mass is 292 g/mol. The minimum absolute atomic E-state index is 0.536. The van der Waals surface area contributed by atoms with Gasteiger partial charge in [-0.15, -0.1) is 11.8 Å². The van der Waals surface area contributed by atoms with Gasteiger partial charge in [0, 0.05) is 36.1 Å². The fourth-order valence-electron chi connectivity index (χ4n) is 3.03. The second kappa shape index (κ2) is 7.48. The Morgan fingerprint density at radius 1 is 1.20 bits per heavy atom. The minimum atomic E-state index is 0.536. The van der Waals surface area contributed by atoms with Crippen molar-refractivity contribution in [3.63, 3.8) is 0 Å². The van der Waals surface area contributed by atoms with Crippen molar-refractivity contribution in [2.75, 3.05) is 18.8 Å². The molecule has 1 unspecified atom stereocenters. The zero-order valence-corrected chi connectivity index (χ0v) is 14.0. The summed E-state index contributed by atoms with van der Waals surface area (Å²) in [5.41, 5.74) is 1.49. The second-order valence-electron chi connectivity index (χ2n) is 6.11. The van der Waals surface area contributed by atoms with Crippen LogP contribution in [0.2, 0.25) is 0 Å². The summed E-state index contributed by atoms with van der Waals surface area (Å²) in [6.07, 6.45) is 1.24. The summed E-state index contributed by atoms with van der Waals surface area (Å²) in [4.78, 5) is 4.01. The van der Waals surface area contributed by atoms with E-state index in [1.807, 2.05) is 11.8 Å². The summed E-state index contributed by atoms with van der Waals surface area (Å²) < 4.78 is 0. The van der Waals surface area contributed by atoms with E-state index >= 15 is 0 Å². The van der Waals surface area contributed by atoms with Gasteiger partial charge in [-0.05, 0) is 51.5 Å². The number of hydrogen-bond acceptors (Lipinski definition) is 3. The Balaban J connectivity index is 1.89. The van der Waals surface area contributed by atoms with Gasteiger partial charge >= 0.3 is 0 Å². The van der Waals surface area contributed by atoms with Crippen LogP contribution in [0, 0.1) is 0 Å². The molecule has 112 valence electrons. The van der Waals surface area contributed by atoms with Crippen LogP contribution in [0.5, 0.6) is 0 Å². The quantitative estimate of drug-likeness (QED) is 0.855.